The van der Waals surface area contributed by atoms with Crippen LogP contribution in [-0.4, -0.2) is 41.8 Å². The Bertz CT molecular complexity index is 1380. The number of hydrogen-bond donors (Lipinski definition) is 2. The maximum absolute atomic E-state index is 13.3. The topological polar surface area (TPSA) is 104 Å². The number of esters is 1. The number of unbranched alkanes of at least 4 members (excludes halogenated alkanes) is 4. The molecule has 3 aromatic rings. The summed E-state index contributed by atoms with van der Waals surface area (Å²) in [5, 5.41) is 22.2. The average molecular weight is 530 g/mol. The number of rotatable bonds is 11. The molecular weight excluding hydrogens is 494 g/mol. The van der Waals surface area contributed by atoms with E-state index in [2.05, 4.69) is 6.92 Å². The van der Waals surface area contributed by atoms with Gasteiger partial charge in [0.1, 0.15) is 17.6 Å². The molecule has 0 aromatic heterocycles. The fraction of sp³-hybridized carbons (Fsp3) is 0.344. The Morgan fingerprint density at radius 1 is 0.872 bits per heavy atom. The van der Waals surface area contributed by atoms with Gasteiger partial charge in [-0.3, -0.25) is 14.4 Å². The van der Waals surface area contributed by atoms with Crippen LogP contribution in [0.5, 0.6) is 11.5 Å². The molecule has 0 fully saturated rings. The molecule has 1 aliphatic carbocycles. The minimum Gasteiger partial charge on any atom is -0.507 e. The molecule has 3 aromatic carbocycles. The van der Waals surface area contributed by atoms with Gasteiger partial charge in [0.15, 0.2) is 11.6 Å². The average Bonchev–Trinajstić information content (AvgIpc) is 2.92. The molecule has 0 radical (unpaired) electrons. The fourth-order valence-electron chi connectivity index (χ4n) is 5.01. The van der Waals surface area contributed by atoms with E-state index in [9.17, 15) is 24.6 Å². The normalized spacial score (nSPS) is 13.0. The van der Waals surface area contributed by atoms with Crippen LogP contribution < -0.4 is 4.90 Å². The van der Waals surface area contributed by atoms with Crippen molar-refractivity contribution in [1.29, 1.82) is 0 Å². The third-order valence-corrected chi connectivity index (χ3v) is 7.17. The summed E-state index contributed by atoms with van der Waals surface area (Å²) in [7, 11) is 3.87. The summed E-state index contributed by atoms with van der Waals surface area (Å²) in [5.74, 6) is -2.43. The Hall–Kier alpha value is -4.13. The monoisotopic (exact) mass is 529 g/mol. The standard InChI is InChI=1S/C32H35NO6/c1-4-5-6-7-8-13-26(39-27(35)18-20-14-16-21(17-15-20)33(2)3)24-19-25(34)28-29(32(24)38)31(37)23-12-10-9-11-22(23)30(28)36/h9-12,14-17,19,26,34,38H,4-8,13,18H2,1-3H3. The van der Waals surface area contributed by atoms with E-state index in [-0.39, 0.29) is 34.2 Å². The Kier molecular flexibility index (Phi) is 8.69. The third kappa shape index (κ3) is 5.98. The zero-order chi connectivity index (χ0) is 28.1. The van der Waals surface area contributed by atoms with Crippen LogP contribution in [0.3, 0.4) is 0 Å². The van der Waals surface area contributed by atoms with Crippen LogP contribution in [0.2, 0.25) is 0 Å². The van der Waals surface area contributed by atoms with Gasteiger partial charge in [-0.25, -0.2) is 0 Å². The summed E-state index contributed by atoms with van der Waals surface area (Å²) in [4.78, 5) is 41.4. The molecule has 0 bridgehead atoms. The number of phenolic OH excluding ortho intramolecular Hbond substituents is 2. The van der Waals surface area contributed by atoms with Gasteiger partial charge in [-0.1, -0.05) is 69.0 Å². The molecule has 0 heterocycles. The number of carbonyl (C=O) groups is 3. The molecule has 0 spiro atoms. The molecule has 204 valence electrons. The summed E-state index contributed by atoms with van der Waals surface area (Å²) >= 11 is 0. The number of nitrogens with zero attached hydrogens (tertiary/aromatic N) is 1. The second-order valence-corrected chi connectivity index (χ2v) is 10.2. The van der Waals surface area contributed by atoms with E-state index in [0.29, 0.717) is 6.42 Å². The van der Waals surface area contributed by atoms with Crippen molar-refractivity contribution in [3.05, 3.63) is 88.0 Å². The summed E-state index contributed by atoms with van der Waals surface area (Å²) in [6.07, 6.45) is 4.38. The SMILES string of the molecule is CCCCCCCC(OC(=O)Cc1ccc(N(C)C)cc1)c1cc(O)c2c(c1O)C(=O)c1ccccc1C2=O. The van der Waals surface area contributed by atoms with Gasteiger partial charge in [-0.05, 0) is 36.6 Å². The Morgan fingerprint density at radius 2 is 1.49 bits per heavy atom. The van der Waals surface area contributed by atoms with Gasteiger partial charge in [0.05, 0.1) is 17.5 Å². The van der Waals surface area contributed by atoms with E-state index >= 15 is 0 Å². The summed E-state index contributed by atoms with van der Waals surface area (Å²) < 4.78 is 5.87. The minimum absolute atomic E-state index is 0.0303. The molecular formula is C32H35NO6. The highest BCUT2D eigenvalue weighted by Crippen LogP contribution is 2.43. The Balaban J connectivity index is 1.64. The van der Waals surface area contributed by atoms with Crippen LogP contribution >= 0.6 is 0 Å². The van der Waals surface area contributed by atoms with E-state index in [1.54, 1.807) is 12.1 Å². The lowest BCUT2D eigenvalue weighted by atomic mass is 9.81. The quantitative estimate of drug-likeness (QED) is 0.137. The molecule has 0 saturated heterocycles. The number of fused-ring (bicyclic) bond motifs is 2. The Labute approximate surface area is 229 Å². The lowest BCUT2D eigenvalue weighted by Crippen LogP contribution is -2.22. The fourth-order valence-corrected chi connectivity index (χ4v) is 5.01. The molecule has 4 rings (SSSR count). The number of hydrogen-bond acceptors (Lipinski definition) is 7. The lowest BCUT2D eigenvalue weighted by Gasteiger charge is -2.25. The first-order valence-electron chi connectivity index (χ1n) is 13.5. The molecule has 2 N–H and O–H groups in total. The van der Waals surface area contributed by atoms with Gasteiger partial charge in [0.2, 0.25) is 0 Å². The highest BCUT2D eigenvalue weighted by molar-refractivity contribution is 6.30. The number of benzene rings is 3. The van der Waals surface area contributed by atoms with E-state index in [1.807, 2.05) is 43.3 Å². The molecule has 7 nitrogen and oxygen atoms in total. The van der Waals surface area contributed by atoms with Crippen molar-refractivity contribution in [3.63, 3.8) is 0 Å². The van der Waals surface area contributed by atoms with E-state index in [4.69, 9.17) is 4.74 Å². The van der Waals surface area contributed by atoms with E-state index < -0.39 is 35.1 Å². The second kappa shape index (κ2) is 12.2. The van der Waals surface area contributed by atoms with E-state index in [1.165, 1.54) is 18.2 Å². The highest BCUT2D eigenvalue weighted by Gasteiger charge is 2.37. The van der Waals surface area contributed by atoms with Gasteiger partial charge in [-0.2, -0.15) is 0 Å². The first-order valence-corrected chi connectivity index (χ1v) is 13.5. The highest BCUT2D eigenvalue weighted by atomic mass is 16.5. The zero-order valence-electron chi connectivity index (χ0n) is 22.7. The molecule has 39 heavy (non-hydrogen) atoms. The van der Waals surface area contributed by atoms with Crippen LogP contribution in [0.4, 0.5) is 5.69 Å². The number of ether oxygens (including phenoxy) is 1. The molecule has 0 aliphatic heterocycles. The minimum atomic E-state index is -0.892. The van der Waals surface area contributed by atoms with Crippen molar-refractivity contribution < 1.29 is 29.3 Å². The smallest absolute Gasteiger partial charge is 0.310 e. The predicted molar refractivity (Wildman–Crippen MR) is 150 cm³/mol. The summed E-state index contributed by atoms with van der Waals surface area (Å²) in [6.45, 7) is 2.13. The van der Waals surface area contributed by atoms with Crippen molar-refractivity contribution in [2.45, 2.75) is 58.0 Å². The Morgan fingerprint density at radius 3 is 2.10 bits per heavy atom. The third-order valence-electron chi connectivity index (χ3n) is 7.17. The first-order chi connectivity index (χ1) is 18.7. The van der Waals surface area contributed by atoms with Gasteiger partial charge < -0.3 is 19.8 Å². The van der Waals surface area contributed by atoms with E-state index in [0.717, 1.165) is 43.4 Å². The van der Waals surface area contributed by atoms with Gasteiger partial charge in [-0.15, -0.1) is 0 Å². The largest absolute Gasteiger partial charge is 0.507 e. The molecule has 1 atom stereocenters. The van der Waals surface area contributed by atoms with Crippen molar-refractivity contribution in [2.75, 3.05) is 19.0 Å². The zero-order valence-corrected chi connectivity index (χ0v) is 22.7. The van der Waals surface area contributed by atoms with Crippen LogP contribution in [-0.2, 0) is 16.0 Å². The van der Waals surface area contributed by atoms with Gasteiger partial charge in [0, 0.05) is 36.5 Å². The van der Waals surface area contributed by atoms with Crippen molar-refractivity contribution >= 4 is 23.2 Å². The summed E-state index contributed by atoms with van der Waals surface area (Å²) in [5.41, 5.74) is 1.77. The number of ketones is 2. The molecule has 7 heteroatoms. The van der Waals surface area contributed by atoms with Crippen LogP contribution in [0, 0.1) is 0 Å². The first kappa shape index (κ1) is 27.9. The van der Waals surface area contributed by atoms with Gasteiger partial charge >= 0.3 is 5.97 Å². The predicted octanol–water partition coefficient (Wildman–Crippen LogP) is 6.13. The number of phenols is 2. The van der Waals surface area contributed by atoms with Crippen LogP contribution in [0.1, 0.15) is 94.5 Å². The van der Waals surface area contributed by atoms with Crippen molar-refractivity contribution in [1.82, 2.24) is 0 Å². The lowest BCUT2D eigenvalue weighted by molar-refractivity contribution is -0.149. The maximum atomic E-state index is 13.3. The maximum Gasteiger partial charge on any atom is 0.310 e. The molecule has 1 unspecified atom stereocenters. The number of anilines is 1. The molecule has 0 amide bonds. The molecule has 1 aliphatic rings. The number of aromatic hydroxyl groups is 2. The van der Waals surface area contributed by atoms with Crippen molar-refractivity contribution in [2.24, 2.45) is 0 Å². The van der Waals surface area contributed by atoms with Crippen LogP contribution in [0.15, 0.2) is 54.6 Å². The van der Waals surface area contributed by atoms with Crippen molar-refractivity contribution in [3.8, 4) is 11.5 Å². The summed E-state index contributed by atoms with van der Waals surface area (Å²) in [6, 6.07) is 15.1. The van der Waals surface area contributed by atoms with Gasteiger partial charge in [0.25, 0.3) is 0 Å². The molecule has 0 saturated carbocycles. The van der Waals surface area contributed by atoms with Crippen LogP contribution in [0.25, 0.3) is 0 Å². The number of carbonyl (C=O) groups excluding carboxylic acids is 3. The second-order valence-electron chi connectivity index (χ2n) is 10.2.